The predicted octanol–water partition coefficient (Wildman–Crippen LogP) is 1.26. The lowest BCUT2D eigenvalue weighted by Crippen LogP contribution is -2.18. The van der Waals surface area contributed by atoms with Gasteiger partial charge in [-0.2, -0.15) is 0 Å². The van der Waals surface area contributed by atoms with Gasteiger partial charge < -0.3 is 10.8 Å². The number of benzene rings is 1. The molecular formula is C11H17ClN2O2S. The second kappa shape index (κ2) is 6.96. The van der Waals surface area contributed by atoms with Crippen LogP contribution in [0.2, 0.25) is 5.02 Å². The number of rotatable bonds is 6. The summed E-state index contributed by atoms with van der Waals surface area (Å²) < 4.78 is 16.5. The van der Waals surface area contributed by atoms with Crippen molar-refractivity contribution in [2.45, 2.75) is 5.75 Å². The van der Waals surface area contributed by atoms with Gasteiger partial charge in [0.1, 0.15) is 0 Å². The first-order chi connectivity index (χ1) is 8.09. The van der Waals surface area contributed by atoms with Crippen molar-refractivity contribution in [2.24, 2.45) is 10.1 Å². The summed E-state index contributed by atoms with van der Waals surface area (Å²) in [7, 11) is -2.39. The molecule has 96 valence electrons. The van der Waals surface area contributed by atoms with Crippen LogP contribution in [0.4, 0.5) is 0 Å². The Morgan fingerprint density at radius 3 is 2.82 bits per heavy atom. The van der Waals surface area contributed by atoms with Gasteiger partial charge in [0, 0.05) is 17.3 Å². The largest absolute Gasteiger partial charge is 0.394 e. The van der Waals surface area contributed by atoms with Gasteiger partial charge in [-0.3, -0.25) is 0 Å². The van der Waals surface area contributed by atoms with E-state index in [0.717, 1.165) is 5.56 Å². The molecule has 0 saturated carbocycles. The standard InChI is InChI=1S/C11H17ClN2O2S/c12-11-3-1-2-10(8-11)9-17(16,7-4-13)14-5-6-15/h1-3,8,15H,4-7,9,13H2. The zero-order chi connectivity index (χ0) is 12.7. The molecule has 0 amide bonds. The van der Waals surface area contributed by atoms with Crippen LogP contribution in [0.5, 0.6) is 0 Å². The minimum absolute atomic E-state index is 0.100. The van der Waals surface area contributed by atoms with Crippen molar-refractivity contribution in [1.82, 2.24) is 0 Å². The molecule has 0 aliphatic heterocycles. The predicted molar refractivity (Wildman–Crippen MR) is 71.6 cm³/mol. The van der Waals surface area contributed by atoms with E-state index in [1.807, 2.05) is 12.1 Å². The number of hydrogen-bond donors (Lipinski definition) is 2. The van der Waals surface area contributed by atoms with Gasteiger partial charge in [0.25, 0.3) is 0 Å². The normalized spacial score (nSPS) is 14.3. The quantitative estimate of drug-likeness (QED) is 0.821. The lowest BCUT2D eigenvalue weighted by atomic mass is 10.2. The van der Waals surface area contributed by atoms with Gasteiger partial charge in [-0.25, -0.2) is 8.57 Å². The van der Waals surface area contributed by atoms with Crippen LogP contribution in [0.1, 0.15) is 5.56 Å². The summed E-state index contributed by atoms with van der Waals surface area (Å²) in [6.45, 7) is 0.394. The maximum Gasteiger partial charge on any atom is 0.0715 e. The Balaban J connectivity index is 2.91. The van der Waals surface area contributed by atoms with Crippen LogP contribution in [0.25, 0.3) is 0 Å². The summed E-state index contributed by atoms with van der Waals surface area (Å²) in [4.78, 5) is 0. The van der Waals surface area contributed by atoms with E-state index < -0.39 is 9.73 Å². The number of halogens is 1. The van der Waals surface area contributed by atoms with Gasteiger partial charge in [-0.15, -0.1) is 0 Å². The third-order valence-electron chi connectivity index (χ3n) is 2.14. The molecule has 0 saturated heterocycles. The molecule has 4 nitrogen and oxygen atoms in total. The van der Waals surface area contributed by atoms with Crippen molar-refractivity contribution in [1.29, 1.82) is 0 Å². The smallest absolute Gasteiger partial charge is 0.0715 e. The molecule has 0 aromatic heterocycles. The van der Waals surface area contributed by atoms with Crippen LogP contribution < -0.4 is 5.73 Å². The molecule has 1 aromatic rings. The van der Waals surface area contributed by atoms with Crippen LogP contribution in [-0.4, -0.2) is 34.8 Å². The average molecular weight is 277 g/mol. The molecule has 1 rings (SSSR count). The Bertz CT molecular complexity index is 470. The van der Waals surface area contributed by atoms with Gasteiger partial charge in [0.15, 0.2) is 0 Å². The molecule has 0 radical (unpaired) electrons. The molecule has 3 N–H and O–H groups in total. The van der Waals surface area contributed by atoms with Crippen LogP contribution in [0.15, 0.2) is 28.6 Å². The minimum atomic E-state index is -2.39. The fraction of sp³-hybridized carbons (Fsp3) is 0.455. The van der Waals surface area contributed by atoms with E-state index in [9.17, 15) is 4.21 Å². The summed E-state index contributed by atoms with van der Waals surface area (Å²) in [6.07, 6.45) is 0. The van der Waals surface area contributed by atoms with Crippen LogP contribution in [-0.2, 0) is 15.5 Å². The van der Waals surface area contributed by atoms with E-state index in [-0.39, 0.29) is 13.2 Å². The lowest BCUT2D eigenvalue weighted by molar-refractivity contribution is 0.307. The fourth-order valence-electron chi connectivity index (χ4n) is 1.46. The van der Waals surface area contributed by atoms with Crippen molar-refractivity contribution in [3.05, 3.63) is 34.9 Å². The average Bonchev–Trinajstić information content (AvgIpc) is 2.27. The first-order valence-electron chi connectivity index (χ1n) is 5.33. The van der Waals surface area contributed by atoms with E-state index in [1.165, 1.54) is 0 Å². The highest BCUT2D eigenvalue weighted by Crippen LogP contribution is 2.14. The maximum atomic E-state index is 12.4. The van der Waals surface area contributed by atoms with Gasteiger partial charge in [-0.1, -0.05) is 23.7 Å². The van der Waals surface area contributed by atoms with Crippen molar-refractivity contribution in [3.63, 3.8) is 0 Å². The molecule has 6 heteroatoms. The van der Waals surface area contributed by atoms with Crippen LogP contribution >= 0.6 is 11.6 Å². The summed E-state index contributed by atoms with van der Waals surface area (Å²) in [5, 5.41) is 9.35. The van der Waals surface area contributed by atoms with E-state index in [4.69, 9.17) is 22.4 Å². The monoisotopic (exact) mass is 276 g/mol. The Morgan fingerprint density at radius 1 is 1.47 bits per heavy atom. The Kier molecular flexibility index (Phi) is 5.91. The third kappa shape index (κ3) is 5.04. The highest BCUT2D eigenvalue weighted by molar-refractivity contribution is 7.92. The van der Waals surface area contributed by atoms with E-state index in [1.54, 1.807) is 12.1 Å². The fourth-order valence-corrected chi connectivity index (χ4v) is 3.52. The molecule has 1 aromatic carbocycles. The summed E-state index contributed by atoms with van der Waals surface area (Å²) in [5.74, 6) is 0.657. The summed E-state index contributed by atoms with van der Waals surface area (Å²) in [6, 6.07) is 7.20. The zero-order valence-corrected chi connectivity index (χ0v) is 11.1. The molecule has 0 fully saturated rings. The van der Waals surface area contributed by atoms with E-state index in [2.05, 4.69) is 4.36 Å². The molecule has 0 spiro atoms. The molecular weight excluding hydrogens is 260 g/mol. The molecule has 0 heterocycles. The zero-order valence-electron chi connectivity index (χ0n) is 9.51. The number of aliphatic hydroxyl groups is 1. The van der Waals surface area contributed by atoms with Gasteiger partial charge in [0.05, 0.1) is 28.6 Å². The summed E-state index contributed by atoms with van der Waals surface area (Å²) in [5.41, 5.74) is 6.31. The summed E-state index contributed by atoms with van der Waals surface area (Å²) >= 11 is 5.87. The first kappa shape index (κ1) is 14.4. The molecule has 0 bridgehead atoms. The minimum Gasteiger partial charge on any atom is -0.394 e. The first-order valence-corrected chi connectivity index (χ1v) is 7.56. The molecule has 0 aliphatic rings. The van der Waals surface area contributed by atoms with Gasteiger partial charge in [0.2, 0.25) is 0 Å². The molecule has 1 unspecified atom stereocenters. The maximum absolute atomic E-state index is 12.4. The van der Waals surface area contributed by atoms with Crippen molar-refractivity contribution >= 4 is 21.3 Å². The van der Waals surface area contributed by atoms with Crippen molar-refractivity contribution in [3.8, 4) is 0 Å². The van der Waals surface area contributed by atoms with Crippen molar-refractivity contribution < 1.29 is 9.32 Å². The Hall–Kier alpha value is -0.620. The molecule has 1 atom stereocenters. The SMILES string of the molecule is NCCS(=O)(Cc1cccc(Cl)c1)=NCCO. The van der Waals surface area contributed by atoms with E-state index in [0.29, 0.717) is 23.1 Å². The van der Waals surface area contributed by atoms with Crippen molar-refractivity contribution in [2.75, 3.05) is 25.4 Å². The Morgan fingerprint density at radius 2 is 2.24 bits per heavy atom. The lowest BCUT2D eigenvalue weighted by Gasteiger charge is -2.09. The number of aliphatic hydroxyl groups excluding tert-OH is 1. The highest BCUT2D eigenvalue weighted by atomic mass is 35.5. The molecule has 17 heavy (non-hydrogen) atoms. The second-order valence-corrected chi connectivity index (χ2v) is 6.55. The second-order valence-electron chi connectivity index (χ2n) is 3.62. The van der Waals surface area contributed by atoms with Gasteiger partial charge in [-0.05, 0) is 17.7 Å². The van der Waals surface area contributed by atoms with Crippen LogP contribution in [0, 0.1) is 0 Å². The number of hydrogen-bond acceptors (Lipinski definition) is 4. The van der Waals surface area contributed by atoms with E-state index >= 15 is 0 Å². The molecule has 0 aliphatic carbocycles. The third-order valence-corrected chi connectivity index (χ3v) is 4.69. The van der Waals surface area contributed by atoms with Crippen LogP contribution in [0.3, 0.4) is 0 Å². The van der Waals surface area contributed by atoms with Gasteiger partial charge >= 0.3 is 0 Å². The number of nitrogens with two attached hydrogens (primary N) is 1. The highest BCUT2D eigenvalue weighted by Gasteiger charge is 2.09. The topological polar surface area (TPSA) is 75.7 Å². The Labute approximate surface area is 107 Å². The number of nitrogens with zero attached hydrogens (tertiary/aromatic N) is 1.